The van der Waals surface area contributed by atoms with Gasteiger partial charge in [0, 0.05) is 6.04 Å². The average Bonchev–Trinajstić information content (AvgIpc) is 2.53. The van der Waals surface area contributed by atoms with Gasteiger partial charge in [-0.15, -0.1) is 5.70 Å². The Morgan fingerprint density at radius 3 is 1.75 bits per heavy atom. The molecular weight excluding hydrogens is 258 g/mol. The Labute approximate surface area is 129 Å². The zero-order chi connectivity index (χ0) is 14.6. The molecule has 20 heavy (non-hydrogen) atoms. The topological polar surface area (TPSA) is 3.24 Å². The molecule has 1 aliphatic heterocycles. The van der Waals surface area contributed by atoms with E-state index in [1.807, 2.05) is 0 Å². The lowest BCUT2D eigenvalue weighted by molar-refractivity contribution is 0.232. The first-order valence-electron chi connectivity index (χ1n) is 9.20. The predicted octanol–water partition coefficient (Wildman–Crippen LogP) is 5.17. The molecule has 0 amide bonds. The van der Waals surface area contributed by atoms with E-state index < -0.39 is 8.80 Å². The maximum atomic E-state index is 2.73. The molecule has 1 unspecified atom stereocenters. The molecular formula is C18H37NSi. The van der Waals surface area contributed by atoms with Crippen molar-refractivity contribution >= 4 is 8.80 Å². The van der Waals surface area contributed by atoms with Crippen molar-refractivity contribution in [2.75, 3.05) is 13.1 Å². The summed E-state index contributed by atoms with van der Waals surface area (Å²) in [4.78, 5) is 2.73. The Bertz CT molecular complexity index is 236. The predicted molar refractivity (Wildman–Crippen MR) is 95.2 cm³/mol. The van der Waals surface area contributed by atoms with Gasteiger partial charge in [-0.05, 0) is 32.9 Å². The third kappa shape index (κ3) is 7.63. The van der Waals surface area contributed by atoms with Crippen LogP contribution in [-0.4, -0.2) is 32.8 Å². The van der Waals surface area contributed by atoms with Gasteiger partial charge in [-0.25, -0.2) is 0 Å². The fourth-order valence-electron chi connectivity index (χ4n) is 3.21. The summed E-state index contributed by atoms with van der Waals surface area (Å²) < 4.78 is 0. The minimum absolute atomic E-state index is 0.553. The van der Waals surface area contributed by atoms with Gasteiger partial charge in [0.1, 0.15) is 0 Å². The van der Waals surface area contributed by atoms with E-state index in [1.165, 1.54) is 76.5 Å². The summed E-state index contributed by atoms with van der Waals surface area (Å²) in [7, 11) is -0.553. The number of hydrogen-bond acceptors (Lipinski definition) is 1. The van der Waals surface area contributed by atoms with Gasteiger partial charge in [-0.3, -0.25) is 4.90 Å². The molecule has 0 radical (unpaired) electrons. The summed E-state index contributed by atoms with van der Waals surface area (Å²) in [6.07, 6.45) is 14.1. The smallest absolute Gasteiger partial charge is 0.0606 e. The Hall–Kier alpha value is -0.0831. The highest BCUT2D eigenvalue weighted by atomic mass is 28.3. The Balaban J connectivity index is 2.45. The van der Waals surface area contributed by atoms with Crippen LogP contribution in [0, 0.1) is 0 Å². The summed E-state index contributed by atoms with van der Waals surface area (Å²) in [5.74, 6) is 0. The zero-order valence-electron chi connectivity index (χ0n) is 14.2. The van der Waals surface area contributed by atoms with E-state index in [0.717, 1.165) is 0 Å². The Kier molecular flexibility index (Phi) is 10.4. The molecule has 1 atom stereocenters. The van der Waals surface area contributed by atoms with Crippen molar-refractivity contribution in [2.45, 2.75) is 90.3 Å². The van der Waals surface area contributed by atoms with Gasteiger partial charge < -0.3 is 0 Å². The molecule has 1 fully saturated rings. The molecule has 1 rings (SSSR count). The fraction of sp³-hybridized carbons (Fsp3) is 0.889. The summed E-state index contributed by atoms with van der Waals surface area (Å²) in [5, 5.41) is 0. The van der Waals surface area contributed by atoms with Crippen LogP contribution >= 0.6 is 0 Å². The highest BCUT2D eigenvalue weighted by molar-refractivity contribution is 6.64. The fourth-order valence-corrected chi connectivity index (χ4v) is 4.97. The van der Waals surface area contributed by atoms with Crippen LogP contribution in [0.4, 0.5) is 0 Å². The van der Waals surface area contributed by atoms with Gasteiger partial charge in [0.2, 0.25) is 0 Å². The number of rotatable bonds is 5. The molecule has 0 aliphatic carbocycles. The lowest BCUT2D eigenvalue weighted by Crippen LogP contribution is -2.34. The van der Waals surface area contributed by atoms with E-state index in [-0.39, 0.29) is 0 Å². The molecule has 0 N–H and O–H groups in total. The van der Waals surface area contributed by atoms with Crippen LogP contribution in [0.1, 0.15) is 72.1 Å². The molecule has 0 aromatic rings. The average molecular weight is 296 g/mol. The van der Waals surface area contributed by atoms with Crippen LogP contribution in [0.2, 0.25) is 12.1 Å². The lowest BCUT2D eigenvalue weighted by Gasteiger charge is -2.27. The number of hydrogen-bond donors (Lipinski definition) is 0. The standard InChI is InChI=1S/C18H37NSi/c1-4-20(5-2)17-14-18(3)19-15-12-10-8-6-7-9-11-13-16-19/h14,17-18,20H,4-13,15-16H2,1-3H3. The van der Waals surface area contributed by atoms with Crippen LogP contribution in [-0.2, 0) is 0 Å². The van der Waals surface area contributed by atoms with E-state index in [4.69, 9.17) is 0 Å². The third-order valence-electron chi connectivity index (χ3n) is 4.93. The van der Waals surface area contributed by atoms with Crippen molar-refractivity contribution in [2.24, 2.45) is 0 Å². The van der Waals surface area contributed by atoms with E-state index in [1.54, 1.807) is 0 Å². The third-order valence-corrected chi connectivity index (χ3v) is 7.79. The SMILES string of the molecule is CC[SiH](C=CC(C)N1CCCCCCCCCC1)CC. The van der Waals surface area contributed by atoms with E-state index in [0.29, 0.717) is 6.04 Å². The maximum absolute atomic E-state index is 2.73. The molecule has 0 bridgehead atoms. The van der Waals surface area contributed by atoms with Gasteiger partial charge in [0.05, 0.1) is 8.80 Å². The van der Waals surface area contributed by atoms with E-state index >= 15 is 0 Å². The van der Waals surface area contributed by atoms with Gasteiger partial charge in [0.25, 0.3) is 0 Å². The highest BCUT2D eigenvalue weighted by Crippen LogP contribution is 2.14. The molecule has 0 aromatic carbocycles. The quantitative estimate of drug-likeness (QED) is 0.632. The normalized spacial score (nSPS) is 22.0. The van der Waals surface area contributed by atoms with Gasteiger partial charge in [0.15, 0.2) is 0 Å². The minimum atomic E-state index is -0.553. The van der Waals surface area contributed by atoms with Crippen molar-refractivity contribution in [3.05, 3.63) is 11.8 Å². The monoisotopic (exact) mass is 295 g/mol. The van der Waals surface area contributed by atoms with E-state index in [2.05, 4.69) is 37.4 Å². The second kappa shape index (κ2) is 11.6. The summed E-state index contributed by atoms with van der Waals surface area (Å²) >= 11 is 0. The summed E-state index contributed by atoms with van der Waals surface area (Å²) in [6.45, 7) is 9.77. The minimum Gasteiger partial charge on any atom is -0.297 e. The van der Waals surface area contributed by atoms with Crippen molar-refractivity contribution in [1.82, 2.24) is 4.90 Å². The van der Waals surface area contributed by atoms with Crippen LogP contribution in [0.5, 0.6) is 0 Å². The first-order valence-corrected chi connectivity index (χ1v) is 11.5. The van der Waals surface area contributed by atoms with Crippen molar-refractivity contribution in [3.63, 3.8) is 0 Å². The number of nitrogens with zero attached hydrogens (tertiary/aromatic N) is 1. The molecule has 2 heteroatoms. The van der Waals surface area contributed by atoms with Crippen LogP contribution in [0.3, 0.4) is 0 Å². The Morgan fingerprint density at radius 1 is 0.850 bits per heavy atom. The lowest BCUT2D eigenvalue weighted by atomic mass is 10.1. The zero-order valence-corrected chi connectivity index (χ0v) is 15.4. The van der Waals surface area contributed by atoms with Crippen molar-refractivity contribution in [1.29, 1.82) is 0 Å². The molecule has 0 aromatic heterocycles. The van der Waals surface area contributed by atoms with Gasteiger partial charge in [-0.1, -0.05) is 70.5 Å². The van der Waals surface area contributed by atoms with Crippen LogP contribution in [0.15, 0.2) is 11.8 Å². The molecule has 1 aliphatic rings. The summed E-state index contributed by atoms with van der Waals surface area (Å²) in [6, 6.07) is 3.49. The molecule has 118 valence electrons. The summed E-state index contributed by atoms with van der Waals surface area (Å²) in [5.41, 5.74) is 2.61. The molecule has 1 saturated heterocycles. The maximum Gasteiger partial charge on any atom is 0.0606 e. The second-order valence-corrected chi connectivity index (χ2v) is 10.1. The van der Waals surface area contributed by atoms with E-state index in [9.17, 15) is 0 Å². The Morgan fingerprint density at radius 2 is 1.30 bits per heavy atom. The van der Waals surface area contributed by atoms with Gasteiger partial charge >= 0.3 is 0 Å². The molecule has 0 saturated carbocycles. The highest BCUT2D eigenvalue weighted by Gasteiger charge is 2.12. The van der Waals surface area contributed by atoms with Crippen molar-refractivity contribution in [3.8, 4) is 0 Å². The second-order valence-electron chi connectivity index (χ2n) is 6.57. The van der Waals surface area contributed by atoms with Gasteiger partial charge in [-0.2, -0.15) is 0 Å². The van der Waals surface area contributed by atoms with Crippen LogP contribution in [0.25, 0.3) is 0 Å². The first-order chi connectivity index (χ1) is 9.77. The molecule has 1 nitrogen and oxygen atoms in total. The van der Waals surface area contributed by atoms with Crippen molar-refractivity contribution < 1.29 is 0 Å². The van der Waals surface area contributed by atoms with Crippen LogP contribution < -0.4 is 0 Å². The molecule has 0 spiro atoms. The first kappa shape index (κ1) is 18.0. The molecule has 1 heterocycles. The largest absolute Gasteiger partial charge is 0.297 e.